The topological polar surface area (TPSA) is 71.9 Å². The molecule has 0 radical (unpaired) electrons. The molecule has 4 heteroatoms. The van der Waals surface area contributed by atoms with Crippen LogP contribution < -0.4 is 10.5 Å². The van der Waals surface area contributed by atoms with Crippen molar-refractivity contribution in [2.75, 3.05) is 0 Å². The van der Waals surface area contributed by atoms with Gasteiger partial charge >= 0.3 is 0 Å². The first-order valence-corrected chi connectivity index (χ1v) is 6.00. The van der Waals surface area contributed by atoms with Crippen LogP contribution in [0.25, 0.3) is 0 Å². The van der Waals surface area contributed by atoms with Crippen molar-refractivity contribution in [1.82, 2.24) is 4.98 Å². The molecule has 2 atom stereocenters. The summed E-state index contributed by atoms with van der Waals surface area (Å²) in [5, 5.41) is 9.09. The standard InChI is InChI=1S/C13H17N3O/c1-9-6-7-16-13(10(9)8-14)17-12-5-3-2-4-11(12)15/h6-7,11-12H,2-5,15H2,1H3. The number of rotatable bonds is 2. The summed E-state index contributed by atoms with van der Waals surface area (Å²) in [6.07, 6.45) is 5.88. The van der Waals surface area contributed by atoms with Crippen LogP contribution in [-0.2, 0) is 0 Å². The highest BCUT2D eigenvalue weighted by Gasteiger charge is 2.24. The lowest BCUT2D eigenvalue weighted by atomic mass is 9.93. The monoisotopic (exact) mass is 231 g/mol. The molecule has 0 amide bonds. The van der Waals surface area contributed by atoms with Crippen molar-refractivity contribution >= 4 is 0 Å². The lowest BCUT2D eigenvalue weighted by molar-refractivity contribution is 0.126. The zero-order valence-electron chi connectivity index (χ0n) is 10.0. The lowest BCUT2D eigenvalue weighted by Gasteiger charge is -2.28. The Labute approximate surface area is 101 Å². The third-order valence-corrected chi connectivity index (χ3v) is 3.25. The largest absolute Gasteiger partial charge is 0.472 e. The Hall–Kier alpha value is -1.60. The SMILES string of the molecule is Cc1ccnc(OC2CCCCC2N)c1C#N. The van der Waals surface area contributed by atoms with E-state index in [2.05, 4.69) is 11.1 Å². The highest BCUT2D eigenvalue weighted by Crippen LogP contribution is 2.24. The molecular weight excluding hydrogens is 214 g/mol. The minimum atomic E-state index is -0.00912. The van der Waals surface area contributed by atoms with Crippen molar-refractivity contribution in [3.05, 3.63) is 23.4 Å². The van der Waals surface area contributed by atoms with Crippen LogP contribution >= 0.6 is 0 Å². The van der Waals surface area contributed by atoms with Crippen LogP contribution in [0.2, 0.25) is 0 Å². The summed E-state index contributed by atoms with van der Waals surface area (Å²) < 4.78 is 5.81. The van der Waals surface area contributed by atoms with Gasteiger partial charge in [-0.25, -0.2) is 4.98 Å². The third-order valence-electron chi connectivity index (χ3n) is 3.25. The third kappa shape index (κ3) is 2.56. The zero-order valence-corrected chi connectivity index (χ0v) is 10.0. The quantitative estimate of drug-likeness (QED) is 0.843. The average Bonchev–Trinajstić information content (AvgIpc) is 2.32. The molecule has 0 bridgehead atoms. The van der Waals surface area contributed by atoms with Crippen LogP contribution in [-0.4, -0.2) is 17.1 Å². The predicted molar refractivity (Wildman–Crippen MR) is 64.5 cm³/mol. The molecule has 2 N–H and O–H groups in total. The molecule has 1 fully saturated rings. The Balaban J connectivity index is 2.18. The Morgan fingerprint density at radius 3 is 2.94 bits per heavy atom. The number of aromatic nitrogens is 1. The molecular formula is C13H17N3O. The van der Waals surface area contributed by atoms with Crippen molar-refractivity contribution < 1.29 is 4.74 Å². The van der Waals surface area contributed by atoms with Gasteiger partial charge in [-0.3, -0.25) is 0 Å². The number of hydrogen-bond acceptors (Lipinski definition) is 4. The van der Waals surface area contributed by atoms with Crippen molar-refractivity contribution in [2.24, 2.45) is 5.73 Å². The Morgan fingerprint density at radius 1 is 1.47 bits per heavy atom. The molecule has 17 heavy (non-hydrogen) atoms. The lowest BCUT2D eigenvalue weighted by Crippen LogP contribution is -2.41. The van der Waals surface area contributed by atoms with Gasteiger partial charge in [0.05, 0.1) is 0 Å². The van der Waals surface area contributed by atoms with Gasteiger partial charge in [-0.1, -0.05) is 6.42 Å². The van der Waals surface area contributed by atoms with E-state index in [0.29, 0.717) is 11.4 Å². The molecule has 2 rings (SSSR count). The summed E-state index contributed by atoms with van der Waals surface area (Å²) in [6.45, 7) is 1.88. The van der Waals surface area contributed by atoms with Gasteiger partial charge in [0.25, 0.3) is 0 Å². The van der Waals surface area contributed by atoms with Crippen LogP contribution in [0.1, 0.15) is 36.8 Å². The van der Waals surface area contributed by atoms with E-state index in [9.17, 15) is 0 Å². The van der Waals surface area contributed by atoms with Gasteiger partial charge in [0.2, 0.25) is 5.88 Å². The summed E-state index contributed by atoms with van der Waals surface area (Å²) in [5.74, 6) is 0.426. The molecule has 0 spiro atoms. The second kappa shape index (κ2) is 5.15. The molecule has 2 unspecified atom stereocenters. The van der Waals surface area contributed by atoms with Crippen molar-refractivity contribution in [3.63, 3.8) is 0 Å². The predicted octanol–water partition coefficient (Wildman–Crippen LogP) is 1.91. The number of nitrogens with zero attached hydrogens (tertiary/aromatic N) is 2. The second-order valence-electron chi connectivity index (χ2n) is 4.52. The Morgan fingerprint density at radius 2 is 2.24 bits per heavy atom. The summed E-state index contributed by atoms with van der Waals surface area (Å²) in [7, 11) is 0. The van der Waals surface area contributed by atoms with E-state index in [0.717, 1.165) is 31.2 Å². The minimum absolute atomic E-state index is 0.00912. The fraction of sp³-hybridized carbons (Fsp3) is 0.538. The van der Waals surface area contributed by atoms with E-state index in [-0.39, 0.29) is 12.1 Å². The molecule has 0 saturated heterocycles. The number of nitrogens with two attached hydrogens (primary N) is 1. The van der Waals surface area contributed by atoms with Gasteiger partial charge in [-0.15, -0.1) is 0 Å². The molecule has 1 aliphatic carbocycles. The molecule has 0 aromatic carbocycles. The summed E-state index contributed by atoms with van der Waals surface area (Å²) in [5.41, 5.74) is 7.43. The van der Waals surface area contributed by atoms with Gasteiger partial charge in [0, 0.05) is 12.2 Å². The molecule has 1 aliphatic rings. The summed E-state index contributed by atoms with van der Waals surface area (Å²) in [6, 6.07) is 4.01. The van der Waals surface area contributed by atoms with E-state index in [4.69, 9.17) is 15.7 Å². The number of ether oxygens (including phenoxy) is 1. The van der Waals surface area contributed by atoms with Crippen molar-refractivity contribution in [3.8, 4) is 11.9 Å². The van der Waals surface area contributed by atoms with E-state index in [1.807, 2.05) is 13.0 Å². The van der Waals surface area contributed by atoms with Crippen LogP contribution in [0.4, 0.5) is 0 Å². The summed E-state index contributed by atoms with van der Waals surface area (Å²) in [4.78, 5) is 4.14. The number of aryl methyl sites for hydroxylation is 1. The van der Waals surface area contributed by atoms with E-state index in [1.54, 1.807) is 6.20 Å². The first kappa shape index (κ1) is 11.9. The molecule has 4 nitrogen and oxygen atoms in total. The molecule has 1 saturated carbocycles. The van der Waals surface area contributed by atoms with Crippen LogP contribution in [0.15, 0.2) is 12.3 Å². The molecule has 1 aromatic heterocycles. The van der Waals surface area contributed by atoms with Gasteiger partial charge in [-0.05, 0) is 37.8 Å². The fourth-order valence-corrected chi connectivity index (χ4v) is 2.17. The maximum absolute atomic E-state index is 9.09. The maximum atomic E-state index is 9.09. The maximum Gasteiger partial charge on any atom is 0.232 e. The minimum Gasteiger partial charge on any atom is -0.472 e. The number of hydrogen-bond donors (Lipinski definition) is 1. The first-order chi connectivity index (χ1) is 8.22. The van der Waals surface area contributed by atoms with Crippen molar-refractivity contribution in [2.45, 2.75) is 44.8 Å². The Kier molecular flexibility index (Phi) is 3.60. The average molecular weight is 231 g/mol. The zero-order chi connectivity index (χ0) is 12.3. The Bertz CT molecular complexity index is 439. The smallest absolute Gasteiger partial charge is 0.232 e. The van der Waals surface area contributed by atoms with Gasteiger partial charge in [0.1, 0.15) is 17.7 Å². The summed E-state index contributed by atoms with van der Waals surface area (Å²) >= 11 is 0. The van der Waals surface area contributed by atoms with Gasteiger partial charge in [-0.2, -0.15) is 5.26 Å². The molecule has 1 aromatic rings. The molecule has 1 heterocycles. The fourth-order valence-electron chi connectivity index (χ4n) is 2.17. The number of pyridine rings is 1. The highest BCUT2D eigenvalue weighted by molar-refractivity contribution is 5.43. The van der Waals surface area contributed by atoms with Gasteiger partial charge < -0.3 is 10.5 Å². The van der Waals surface area contributed by atoms with Crippen LogP contribution in [0, 0.1) is 18.3 Å². The van der Waals surface area contributed by atoms with Crippen LogP contribution in [0.5, 0.6) is 5.88 Å². The van der Waals surface area contributed by atoms with E-state index < -0.39 is 0 Å². The normalized spacial score (nSPS) is 24.1. The highest BCUT2D eigenvalue weighted by atomic mass is 16.5. The van der Waals surface area contributed by atoms with Crippen LogP contribution in [0.3, 0.4) is 0 Å². The van der Waals surface area contributed by atoms with E-state index >= 15 is 0 Å². The first-order valence-electron chi connectivity index (χ1n) is 6.00. The van der Waals surface area contributed by atoms with Gasteiger partial charge in [0.15, 0.2) is 0 Å². The second-order valence-corrected chi connectivity index (χ2v) is 4.52. The van der Waals surface area contributed by atoms with E-state index in [1.165, 1.54) is 0 Å². The molecule has 90 valence electrons. The molecule has 0 aliphatic heterocycles. The number of nitriles is 1. The van der Waals surface area contributed by atoms with Crippen molar-refractivity contribution in [1.29, 1.82) is 5.26 Å².